The molecule has 0 radical (unpaired) electrons. The minimum atomic E-state index is -0.539. The van der Waals surface area contributed by atoms with Crippen molar-refractivity contribution in [3.05, 3.63) is 329 Å². The van der Waals surface area contributed by atoms with Gasteiger partial charge in [-0.1, -0.05) is 237 Å². The van der Waals surface area contributed by atoms with Crippen LogP contribution in [0.15, 0.2) is 273 Å². The van der Waals surface area contributed by atoms with Gasteiger partial charge in [0.25, 0.3) is 0 Å². The molecule has 1 aliphatic heterocycles. The predicted octanol–water partition coefficient (Wildman–Crippen LogP) is 17.8. The van der Waals surface area contributed by atoms with E-state index < -0.39 is 5.41 Å². The molecule has 0 N–H and O–H groups in total. The zero-order chi connectivity index (χ0) is 53.9. The molecule has 3 heterocycles. The molecule has 2 aromatic heterocycles. The van der Waals surface area contributed by atoms with E-state index in [9.17, 15) is 0 Å². The van der Waals surface area contributed by atoms with Gasteiger partial charge < -0.3 is 4.74 Å². The third kappa shape index (κ3) is 7.04. The second kappa shape index (κ2) is 18.2. The second-order valence-corrected chi connectivity index (χ2v) is 21.8. The van der Waals surface area contributed by atoms with Gasteiger partial charge in [0, 0.05) is 56.3 Å². The lowest BCUT2D eigenvalue weighted by Gasteiger charge is -2.42. The highest BCUT2D eigenvalue weighted by atomic mass is 16.5. The molecule has 0 saturated carbocycles. The molecule has 82 heavy (non-hydrogen) atoms. The van der Waals surface area contributed by atoms with Crippen molar-refractivity contribution in [1.29, 1.82) is 0 Å². The topological polar surface area (TPSA) is 73.7 Å². The molecule has 5 aliphatic rings. The summed E-state index contributed by atoms with van der Waals surface area (Å²) in [5.41, 5.74) is 24.5. The molecule has 4 aliphatic carbocycles. The summed E-state index contributed by atoms with van der Waals surface area (Å²) in [6, 6.07) is 97.5. The SMILES string of the molecule is c1ccc(-c2nc(-c3ccc(-c4ccc5c(c4)C4(c6ccccc6O5)c5ccccc5-c5ccccc54)cc3)cc(-c3ccc4c(c3)C3c5ccccc5C4c4cc(-c5nc(-c6ccccc6)nc(-c6ccccc6)n5)ccc43)n2)cc1. The molecule has 1 spiro atoms. The fourth-order valence-corrected chi connectivity index (χ4v) is 13.8. The maximum atomic E-state index is 6.76. The maximum absolute atomic E-state index is 6.76. The van der Waals surface area contributed by atoms with Gasteiger partial charge >= 0.3 is 0 Å². The summed E-state index contributed by atoms with van der Waals surface area (Å²) in [7, 11) is 0. The molecule has 13 aromatic rings. The van der Waals surface area contributed by atoms with Gasteiger partial charge in [0.1, 0.15) is 11.5 Å². The summed E-state index contributed by atoms with van der Waals surface area (Å²) in [6.07, 6.45) is 0. The van der Waals surface area contributed by atoms with Crippen LogP contribution in [0.5, 0.6) is 11.5 Å². The molecule has 2 unspecified atom stereocenters. The van der Waals surface area contributed by atoms with Gasteiger partial charge in [0.05, 0.1) is 16.8 Å². The third-order valence-corrected chi connectivity index (χ3v) is 17.4. The van der Waals surface area contributed by atoms with E-state index in [2.05, 4.69) is 231 Å². The second-order valence-electron chi connectivity index (χ2n) is 21.8. The molecule has 6 heteroatoms. The number of fused-ring (bicyclic) bond motifs is 9. The summed E-state index contributed by atoms with van der Waals surface area (Å²) in [5, 5.41) is 0. The summed E-state index contributed by atoms with van der Waals surface area (Å²) < 4.78 is 6.76. The van der Waals surface area contributed by atoms with Crippen LogP contribution in [-0.2, 0) is 5.41 Å². The average molecular weight is 1050 g/mol. The van der Waals surface area contributed by atoms with E-state index in [1.165, 1.54) is 55.6 Å². The van der Waals surface area contributed by atoms with Crippen LogP contribution >= 0.6 is 0 Å². The highest BCUT2D eigenvalue weighted by Crippen LogP contribution is 2.63. The van der Waals surface area contributed by atoms with Crippen molar-refractivity contribution in [2.24, 2.45) is 0 Å². The lowest BCUT2D eigenvalue weighted by molar-refractivity contribution is 0.436. The van der Waals surface area contributed by atoms with Crippen LogP contribution < -0.4 is 4.74 Å². The summed E-state index contributed by atoms with van der Waals surface area (Å²) in [5.74, 6) is 4.44. The van der Waals surface area contributed by atoms with Crippen molar-refractivity contribution in [3.8, 4) is 102 Å². The van der Waals surface area contributed by atoms with Crippen LogP contribution in [0.1, 0.15) is 67.5 Å². The molecule has 382 valence electrons. The largest absolute Gasteiger partial charge is 0.457 e. The van der Waals surface area contributed by atoms with E-state index in [0.717, 1.165) is 78.5 Å². The Morgan fingerprint density at radius 3 is 1.23 bits per heavy atom. The highest BCUT2D eigenvalue weighted by Gasteiger charge is 2.51. The van der Waals surface area contributed by atoms with Crippen molar-refractivity contribution in [1.82, 2.24) is 24.9 Å². The molecule has 18 rings (SSSR count). The molecular formula is C76H47N5O. The minimum Gasteiger partial charge on any atom is -0.457 e. The van der Waals surface area contributed by atoms with Gasteiger partial charge in [-0.15, -0.1) is 0 Å². The lowest BCUT2D eigenvalue weighted by atomic mass is 9.60. The fourth-order valence-electron chi connectivity index (χ4n) is 13.8. The molecule has 0 saturated heterocycles. The molecule has 2 bridgehead atoms. The first-order valence-electron chi connectivity index (χ1n) is 28.0. The average Bonchev–Trinajstić information content (AvgIpc) is 2.97. The first kappa shape index (κ1) is 46.2. The monoisotopic (exact) mass is 1050 g/mol. The molecule has 6 nitrogen and oxygen atoms in total. The number of ether oxygens (including phenoxy) is 1. The smallest absolute Gasteiger partial charge is 0.164 e. The Bertz CT molecular complexity index is 4630. The van der Waals surface area contributed by atoms with Crippen LogP contribution in [0.2, 0.25) is 0 Å². The van der Waals surface area contributed by atoms with Gasteiger partial charge in [0.15, 0.2) is 23.3 Å². The normalized spacial score (nSPS) is 15.0. The van der Waals surface area contributed by atoms with Gasteiger partial charge in [0.2, 0.25) is 0 Å². The molecule has 11 aromatic carbocycles. The van der Waals surface area contributed by atoms with E-state index in [1.54, 1.807) is 0 Å². The standard InChI is InChI=1S/C76H47N5O/c1-4-18-48(19-5-1)72-77-66(47-34-32-46(33-35-47)51-38-41-69-65(44-51)76(64-30-16-17-31-68(64)82-69)62-28-14-12-24-54(62)55-25-13-15-29-63(55)76)45-67(78-72)52-36-39-58-60(42-52)70-56-26-10-11-27-57(56)71(58)61-43-53(37-40-59(61)70)75-80-73(49-20-6-2-7-21-49)79-74(81-75)50-22-8-3-9-23-50/h1-45,70-71H. The predicted molar refractivity (Wildman–Crippen MR) is 326 cm³/mol. The molecule has 0 amide bonds. The number of aromatic nitrogens is 5. The van der Waals surface area contributed by atoms with Crippen LogP contribution in [0.4, 0.5) is 0 Å². The van der Waals surface area contributed by atoms with Gasteiger partial charge in [-0.25, -0.2) is 24.9 Å². The molecule has 0 fully saturated rings. The van der Waals surface area contributed by atoms with E-state index in [4.69, 9.17) is 29.7 Å². The van der Waals surface area contributed by atoms with Crippen molar-refractivity contribution in [2.75, 3.05) is 0 Å². The Hall–Kier alpha value is -10.7. The van der Waals surface area contributed by atoms with Crippen LogP contribution in [0, 0.1) is 0 Å². The number of para-hydroxylation sites is 1. The van der Waals surface area contributed by atoms with E-state index in [1.807, 2.05) is 42.5 Å². The Labute approximate surface area is 474 Å². The fraction of sp³-hybridized carbons (Fsp3) is 0.0395. The van der Waals surface area contributed by atoms with Crippen LogP contribution in [0.3, 0.4) is 0 Å². The Morgan fingerprint density at radius 1 is 0.244 bits per heavy atom. The van der Waals surface area contributed by atoms with Gasteiger partial charge in [-0.3, -0.25) is 0 Å². The van der Waals surface area contributed by atoms with E-state index in [0.29, 0.717) is 23.3 Å². The Balaban J connectivity index is 0.749. The lowest BCUT2D eigenvalue weighted by Crippen LogP contribution is -2.32. The highest BCUT2D eigenvalue weighted by molar-refractivity contribution is 5.89. The zero-order valence-electron chi connectivity index (χ0n) is 44.3. The Morgan fingerprint density at radius 2 is 0.646 bits per heavy atom. The first-order valence-corrected chi connectivity index (χ1v) is 28.0. The number of nitrogens with zero attached hydrogens (tertiary/aromatic N) is 5. The maximum Gasteiger partial charge on any atom is 0.164 e. The van der Waals surface area contributed by atoms with Crippen LogP contribution in [0.25, 0.3) is 90.3 Å². The third-order valence-electron chi connectivity index (χ3n) is 17.4. The summed E-state index contributed by atoms with van der Waals surface area (Å²) >= 11 is 0. The van der Waals surface area contributed by atoms with Crippen molar-refractivity contribution in [2.45, 2.75) is 17.3 Å². The Kier molecular flexibility index (Phi) is 10.3. The van der Waals surface area contributed by atoms with Gasteiger partial charge in [-0.2, -0.15) is 0 Å². The van der Waals surface area contributed by atoms with Crippen molar-refractivity contribution < 1.29 is 4.74 Å². The first-order chi connectivity index (χ1) is 40.6. The number of hydrogen-bond acceptors (Lipinski definition) is 6. The minimum absolute atomic E-state index is 0.0253. The van der Waals surface area contributed by atoms with Gasteiger partial charge in [-0.05, 0) is 103 Å². The quantitative estimate of drug-likeness (QED) is 0.158. The van der Waals surface area contributed by atoms with Crippen LogP contribution in [-0.4, -0.2) is 24.9 Å². The molecule has 2 atom stereocenters. The number of hydrogen-bond donors (Lipinski definition) is 0. The molecular weight excluding hydrogens is 999 g/mol. The van der Waals surface area contributed by atoms with E-state index in [-0.39, 0.29) is 11.8 Å². The van der Waals surface area contributed by atoms with Crippen molar-refractivity contribution >= 4 is 0 Å². The summed E-state index contributed by atoms with van der Waals surface area (Å²) in [6.45, 7) is 0. The summed E-state index contributed by atoms with van der Waals surface area (Å²) in [4.78, 5) is 25.9. The zero-order valence-corrected chi connectivity index (χ0v) is 44.3. The van der Waals surface area contributed by atoms with E-state index >= 15 is 0 Å². The number of benzene rings is 11. The van der Waals surface area contributed by atoms with Crippen molar-refractivity contribution in [3.63, 3.8) is 0 Å². The number of rotatable bonds is 7.